The predicted molar refractivity (Wildman–Crippen MR) is 112 cm³/mol. The lowest BCUT2D eigenvalue weighted by Gasteiger charge is -2.33. The zero-order chi connectivity index (χ0) is 22.6. The Kier molecular flexibility index (Phi) is 7.11. The number of carbonyl (C=O) groups excluding carboxylic acids is 2. The minimum absolute atomic E-state index is 0.0994. The Morgan fingerprint density at radius 1 is 1.10 bits per heavy atom. The summed E-state index contributed by atoms with van der Waals surface area (Å²) >= 11 is 0. The Balaban J connectivity index is 1.50. The number of hydrogen-bond acceptors (Lipinski definition) is 7. The lowest BCUT2D eigenvalue weighted by atomic mass is 10.1. The molecule has 1 saturated heterocycles. The van der Waals surface area contributed by atoms with Gasteiger partial charge in [-0.1, -0.05) is 17.3 Å². The van der Waals surface area contributed by atoms with Gasteiger partial charge in [-0.25, -0.2) is 8.42 Å². The van der Waals surface area contributed by atoms with Crippen molar-refractivity contribution in [1.29, 1.82) is 0 Å². The topological polar surface area (TPSA) is 110 Å². The van der Waals surface area contributed by atoms with Crippen molar-refractivity contribution in [3.8, 4) is 5.75 Å². The fraction of sp³-hybridized carbons (Fsp3) is 0.476. The summed E-state index contributed by atoms with van der Waals surface area (Å²) in [7, 11) is -3.71. The zero-order valence-corrected chi connectivity index (χ0v) is 18.8. The van der Waals surface area contributed by atoms with E-state index in [4.69, 9.17) is 9.26 Å². The van der Waals surface area contributed by atoms with Crippen molar-refractivity contribution >= 4 is 21.7 Å². The van der Waals surface area contributed by atoms with Gasteiger partial charge >= 0.3 is 0 Å². The molecule has 0 N–H and O–H groups in total. The number of benzene rings is 1. The van der Waals surface area contributed by atoms with Crippen molar-refractivity contribution < 1.29 is 27.3 Å². The number of ether oxygens (including phenoxy) is 1. The summed E-state index contributed by atoms with van der Waals surface area (Å²) in [6, 6.07) is 7.30. The molecular formula is C21H27N3O6S. The molecule has 0 bridgehead atoms. The van der Waals surface area contributed by atoms with Gasteiger partial charge in [0.1, 0.15) is 22.1 Å². The Morgan fingerprint density at radius 3 is 2.29 bits per heavy atom. The smallest absolute Gasteiger partial charge is 0.260 e. The van der Waals surface area contributed by atoms with Gasteiger partial charge in [-0.05, 0) is 44.9 Å². The maximum atomic E-state index is 12.9. The molecule has 0 radical (unpaired) electrons. The standard InChI is InChI=1S/C21H27N3O6S/c1-15(25)4-5-18-6-8-19(9-7-18)29-14-20(26)23-10-12-24(13-11-23)31(27,28)21-16(2)22-30-17(21)3/h6-9H,4-5,10-14H2,1-3H3. The van der Waals surface area contributed by atoms with E-state index >= 15 is 0 Å². The summed E-state index contributed by atoms with van der Waals surface area (Å²) in [5.74, 6) is 0.775. The van der Waals surface area contributed by atoms with Gasteiger partial charge in [0.15, 0.2) is 12.4 Å². The van der Waals surface area contributed by atoms with E-state index in [1.165, 1.54) is 4.31 Å². The first-order valence-electron chi connectivity index (χ1n) is 10.1. The molecule has 0 saturated carbocycles. The number of piperazine rings is 1. The van der Waals surface area contributed by atoms with Crippen LogP contribution in [-0.4, -0.2) is 67.3 Å². The second-order valence-electron chi connectivity index (χ2n) is 7.57. The molecule has 31 heavy (non-hydrogen) atoms. The lowest BCUT2D eigenvalue weighted by Crippen LogP contribution is -2.51. The van der Waals surface area contributed by atoms with E-state index in [2.05, 4.69) is 5.16 Å². The monoisotopic (exact) mass is 449 g/mol. The highest BCUT2D eigenvalue weighted by molar-refractivity contribution is 7.89. The zero-order valence-electron chi connectivity index (χ0n) is 18.0. The van der Waals surface area contributed by atoms with Gasteiger partial charge in [-0.15, -0.1) is 0 Å². The van der Waals surface area contributed by atoms with E-state index in [-0.39, 0.29) is 55.1 Å². The van der Waals surface area contributed by atoms with Gasteiger partial charge in [-0.2, -0.15) is 4.31 Å². The molecule has 168 valence electrons. The van der Waals surface area contributed by atoms with Gasteiger partial charge in [-0.3, -0.25) is 4.79 Å². The number of sulfonamides is 1. The molecule has 0 atom stereocenters. The number of carbonyl (C=O) groups is 2. The average Bonchev–Trinajstić information content (AvgIpc) is 3.10. The summed E-state index contributed by atoms with van der Waals surface area (Å²) in [4.78, 5) is 25.2. The number of aromatic nitrogens is 1. The second kappa shape index (κ2) is 9.61. The van der Waals surface area contributed by atoms with Crippen molar-refractivity contribution in [2.75, 3.05) is 32.8 Å². The highest BCUT2D eigenvalue weighted by Gasteiger charge is 2.34. The molecule has 1 aromatic heterocycles. The van der Waals surface area contributed by atoms with E-state index in [9.17, 15) is 18.0 Å². The molecule has 0 aliphatic carbocycles. The van der Waals surface area contributed by atoms with Crippen LogP contribution in [0, 0.1) is 13.8 Å². The molecule has 2 aromatic rings. The van der Waals surface area contributed by atoms with Gasteiger partial charge in [0, 0.05) is 32.6 Å². The highest BCUT2D eigenvalue weighted by atomic mass is 32.2. The van der Waals surface area contributed by atoms with E-state index in [1.807, 2.05) is 12.1 Å². The van der Waals surface area contributed by atoms with Gasteiger partial charge in [0.25, 0.3) is 5.91 Å². The maximum absolute atomic E-state index is 12.9. The molecule has 3 rings (SSSR count). The summed E-state index contributed by atoms with van der Waals surface area (Å²) in [5, 5.41) is 3.72. The third kappa shape index (κ3) is 5.50. The Morgan fingerprint density at radius 2 is 1.74 bits per heavy atom. The summed E-state index contributed by atoms with van der Waals surface area (Å²) in [6.07, 6.45) is 1.17. The Labute approximate surface area is 182 Å². The van der Waals surface area contributed by atoms with Crippen molar-refractivity contribution in [2.24, 2.45) is 0 Å². The van der Waals surface area contributed by atoms with Crippen LogP contribution in [0.25, 0.3) is 0 Å². The number of ketones is 1. The van der Waals surface area contributed by atoms with Crippen LogP contribution in [0.3, 0.4) is 0 Å². The lowest BCUT2D eigenvalue weighted by molar-refractivity contribution is -0.134. The number of hydrogen-bond donors (Lipinski definition) is 0. The van der Waals surface area contributed by atoms with Crippen molar-refractivity contribution in [3.05, 3.63) is 41.3 Å². The molecule has 9 nitrogen and oxygen atoms in total. The summed E-state index contributed by atoms with van der Waals surface area (Å²) in [5.41, 5.74) is 1.36. The number of aryl methyl sites for hydroxylation is 3. The number of amides is 1. The van der Waals surface area contributed by atoms with Gasteiger partial charge in [0.2, 0.25) is 10.0 Å². The van der Waals surface area contributed by atoms with Crippen LogP contribution in [0.2, 0.25) is 0 Å². The minimum atomic E-state index is -3.71. The molecule has 2 heterocycles. The first-order chi connectivity index (χ1) is 14.7. The first kappa shape index (κ1) is 23.0. The SMILES string of the molecule is CC(=O)CCc1ccc(OCC(=O)N2CCN(S(=O)(=O)c3c(C)noc3C)CC2)cc1. The van der Waals surface area contributed by atoms with Crippen LogP contribution >= 0.6 is 0 Å². The molecule has 10 heteroatoms. The van der Waals surface area contributed by atoms with Gasteiger partial charge in [0.05, 0.1) is 0 Å². The molecule has 0 unspecified atom stereocenters. The van der Waals surface area contributed by atoms with Gasteiger partial charge < -0.3 is 19.0 Å². The molecule has 1 amide bonds. The molecule has 1 aliphatic rings. The van der Waals surface area contributed by atoms with Crippen molar-refractivity contribution in [3.63, 3.8) is 0 Å². The Hall–Kier alpha value is -2.72. The number of rotatable bonds is 8. The van der Waals surface area contributed by atoms with Crippen LogP contribution in [0.1, 0.15) is 30.4 Å². The molecule has 1 aliphatic heterocycles. The number of Topliss-reactive ketones (excluding diaryl/α,β-unsaturated/α-hetero) is 1. The van der Waals surface area contributed by atoms with E-state index < -0.39 is 10.0 Å². The average molecular weight is 450 g/mol. The third-order valence-corrected chi connectivity index (χ3v) is 7.35. The van der Waals surface area contributed by atoms with Crippen LogP contribution in [0.15, 0.2) is 33.7 Å². The largest absolute Gasteiger partial charge is 0.484 e. The normalized spacial score (nSPS) is 15.1. The van der Waals surface area contributed by atoms with Crippen molar-refractivity contribution in [2.45, 2.75) is 38.5 Å². The summed E-state index contributed by atoms with van der Waals surface area (Å²) in [6.45, 7) is 5.57. The molecule has 1 aromatic carbocycles. The molecule has 0 spiro atoms. The molecular weight excluding hydrogens is 422 g/mol. The molecule has 1 fully saturated rings. The van der Waals surface area contributed by atoms with E-state index in [0.29, 0.717) is 24.3 Å². The fourth-order valence-corrected chi connectivity index (χ4v) is 5.17. The van der Waals surface area contributed by atoms with Crippen LogP contribution in [0.4, 0.5) is 0 Å². The fourth-order valence-electron chi connectivity index (χ4n) is 3.46. The van der Waals surface area contributed by atoms with Crippen LogP contribution in [-0.2, 0) is 26.0 Å². The van der Waals surface area contributed by atoms with Crippen molar-refractivity contribution in [1.82, 2.24) is 14.4 Å². The van der Waals surface area contributed by atoms with Crippen LogP contribution in [0.5, 0.6) is 5.75 Å². The highest BCUT2D eigenvalue weighted by Crippen LogP contribution is 2.24. The Bertz CT molecular complexity index is 1020. The minimum Gasteiger partial charge on any atom is -0.484 e. The predicted octanol–water partition coefficient (Wildman–Crippen LogP) is 1.72. The maximum Gasteiger partial charge on any atom is 0.260 e. The summed E-state index contributed by atoms with van der Waals surface area (Å²) < 4.78 is 37.6. The van der Waals surface area contributed by atoms with E-state index in [1.54, 1.807) is 37.8 Å². The quantitative estimate of drug-likeness (QED) is 0.603. The first-order valence-corrected chi connectivity index (χ1v) is 11.5. The van der Waals surface area contributed by atoms with Crippen LogP contribution < -0.4 is 4.74 Å². The van der Waals surface area contributed by atoms with E-state index in [0.717, 1.165) is 5.56 Å². The second-order valence-corrected chi connectivity index (χ2v) is 9.45. The third-order valence-electron chi connectivity index (χ3n) is 5.21. The number of nitrogens with zero attached hydrogens (tertiary/aromatic N) is 3.